The third kappa shape index (κ3) is 6.79. The summed E-state index contributed by atoms with van der Waals surface area (Å²) in [5, 5.41) is 18.0. The molecular weight excluding hydrogens is 440 g/mol. The topological polar surface area (TPSA) is 111 Å². The van der Waals surface area contributed by atoms with Crippen LogP contribution in [-0.4, -0.2) is 17.7 Å². The highest BCUT2D eigenvalue weighted by atomic mass is 35.5. The first-order valence-electron chi connectivity index (χ1n) is 9.82. The molecule has 0 spiro atoms. The maximum Gasteiger partial charge on any atom is 0.266 e. The Kier molecular flexibility index (Phi) is 7.58. The monoisotopic (exact) mass is 458 g/mol. The number of carbonyl (C=O) groups is 3. The molecule has 3 aromatic carbocycles. The van der Waals surface area contributed by atoms with Gasteiger partial charge in [0.2, 0.25) is 5.91 Å². The first-order valence-corrected chi connectivity index (χ1v) is 10.2. The summed E-state index contributed by atoms with van der Waals surface area (Å²) in [7, 11) is 0. The molecule has 0 aliphatic heterocycles. The summed E-state index contributed by atoms with van der Waals surface area (Å²) >= 11 is 5.85. The predicted molar refractivity (Wildman–Crippen MR) is 129 cm³/mol. The maximum absolute atomic E-state index is 12.5. The maximum atomic E-state index is 12.5. The quantitative estimate of drug-likeness (QED) is 0.352. The van der Waals surface area contributed by atoms with Gasteiger partial charge < -0.3 is 16.0 Å². The fraction of sp³-hybridized carbons (Fsp3) is 0.0400. The normalized spacial score (nSPS) is 10.6. The molecule has 0 radical (unpaired) electrons. The van der Waals surface area contributed by atoms with Crippen molar-refractivity contribution in [3.63, 3.8) is 0 Å². The van der Waals surface area contributed by atoms with E-state index in [2.05, 4.69) is 16.0 Å². The van der Waals surface area contributed by atoms with Gasteiger partial charge in [0, 0.05) is 34.6 Å². The summed E-state index contributed by atoms with van der Waals surface area (Å²) in [6.45, 7) is 1.40. The van der Waals surface area contributed by atoms with Crippen LogP contribution >= 0.6 is 11.6 Å². The van der Waals surface area contributed by atoms with Gasteiger partial charge in [-0.05, 0) is 72.3 Å². The summed E-state index contributed by atoms with van der Waals surface area (Å²) in [4.78, 5) is 36.0. The number of amides is 3. The summed E-state index contributed by atoms with van der Waals surface area (Å²) in [6.07, 6.45) is 1.43. The van der Waals surface area contributed by atoms with Gasteiger partial charge >= 0.3 is 0 Å². The predicted octanol–water partition coefficient (Wildman–Crippen LogP) is 5.10. The molecule has 3 N–H and O–H groups in total. The Morgan fingerprint density at radius 1 is 0.848 bits per heavy atom. The summed E-state index contributed by atoms with van der Waals surface area (Å²) in [5.41, 5.74) is 2.48. The van der Waals surface area contributed by atoms with Gasteiger partial charge in [0.15, 0.2) is 0 Å². The number of carbonyl (C=O) groups excluding carboxylic acids is 3. The van der Waals surface area contributed by atoms with Crippen LogP contribution in [-0.2, 0) is 9.59 Å². The molecule has 7 nitrogen and oxygen atoms in total. The number of benzene rings is 3. The number of rotatable bonds is 6. The molecule has 3 rings (SSSR count). The average Bonchev–Trinajstić information content (AvgIpc) is 2.79. The van der Waals surface area contributed by atoms with Crippen LogP contribution in [0.25, 0.3) is 6.08 Å². The second-order valence-electron chi connectivity index (χ2n) is 6.97. The van der Waals surface area contributed by atoms with Gasteiger partial charge in [-0.2, -0.15) is 5.26 Å². The van der Waals surface area contributed by atoms with Crippen molar-refractivity contribution in [1.29, 1.82) is 5.26 Å². The fourth-order valence-corrected chi connectivity index (χ4v) is 2.99. The smallest absolute Gasteiger partial charge is 0.266 e. The Bertz CT molecular complexity index is 1260. The SMILES string of the molecule is CC(=O)Nc1ccc(NC(=O)/C(C#N)=C/c2cccc(NC(=O)c3ccc(Cl)cc3)c2)cc1. The van der Waals surface area contributed by atoms with E-state index in [1.807, 2.05) is 6.07 Å². The summed E-state index contributed by atoms with van der Waals surface area (Å²) < 4.78 is 0. The molecule has 0 fully saturated rings. The molecule has 0 unspecified atom stereocenters. The third-order valence-corrected chi connectivity index (χ3v) is 4.64. The van der Waals surface area contributed by atoms with Crippen LogP contribution in [0.15, 0.2) is 78.4 Å². The highest BCUT2D eigenvalue weighted by Gasteiger charge is 2.11. The number of nitriles is 1. The van der Waals surface area contributed by atoms with Crippen LogP contribution in [0, 0.1) is 11.3 Å². The zero-order chi connectivity index (χ0) is 23.8. The minimum atomic E-state index is -0.583. The van der Waals surface area contributed by atoms with E-state index in [4.69, 9.17) is 11.6 Å². The first-order chi connectivity index (χ1) is 15.8. The van der Waals surface area contributed by atoms with Crippen LogP contribution < -0.4 is 16.0 Å². The van der Waals surface area contributed by atoms with Crippen molar-refractivity contribution in [2.75, 3.05) is 16.0 Å². The van der Waals surface area contributed by atoms with Crippen molar-refractivity contribution >= 4 is 52.5 Å². The van der Waals surface area contributed by atoms with Gasteiger partial charge in [-0.15, -0.1) is 0 Å². The molecule has 8 heteroatoms. The zero-order valence-electron chi connectivity index (χ0n) is 17.6. The van der Waals surface area contributed by atoms with E-state index in [1.54, 1.807) is 72.8 Å². The van der Waals surface area contributed by atoms with Crippen molar-refractivity contribution < 1.29 is 14.4 Å². The molecule has 3 aromatic rings. The van der Waals surface area contributed by atoms with E-state index < -0.39 is 5.91 Å². The summed E-state index contributed by atoms with van der Waals surface area (Å²) in [5.74, 6) is -1.10. The standard InChI is InChI=1S/C25H19ClN4O3/c1-16(31)28-21-9-11-22(12-10-21)29-25(33)19(15-27)13-17-3-2-4-23(14-17)30-24(32)18-5-7-20(26)8-6-18/h2-14H,1H3,(H,28,31)(H,29,33)(H,30,32)/b19-13+. The Morgan fingerprint density at radius 3 is 2.09 bits per heavy atom. The fourth-order valence-electron chi connectivity index (χ4n) is 2.86. The lowest BCUT2D eigenvalue weighted by molar-refractivity contribution is -0.114. The number of nitrogens with one attached hydrogen (secondary N) is 3. The van der Waals surface area contributed by atoms with E-state index in [0.717, 1.165) is 0 Å². The number of hydrogen-bond acceptors (Lipinski definition) is 4. The Labute approximate surface area is 195 Å². The van der Waals surface area contributed by atoms with Crippen molar-refractivity contribution in [1.82, 2.24) is 0 Å². The number of halogens is 1. The molecule has 0 aliphatic carbocycles. The Morgan fingerprint density at radius 2 is 1.48 bits per heavy atom. The van der Waals surface area contributed by atoms with Crippen LogP contribution in [0.4, 0.5) is 17.1 Å². The van der Waals surface area contributed by atoms with Crippen molar-refractivity contribution in [3.8, 4) is 6.07 Å². The van der Waals surface area contributed by atoms with Gasteiger partial charge in [-0.1, -0.05) is 23.7 Å². The molecule has 0 aromatic heterocycles. The van der Waals surface area contributed by atoms with E-state index in [0.29, 0.717) is 33.2 Å². The lowest BCUT2D eigenvalue weighted by atomic mass is 10.1. The lowest BCUT2D eigenvalue weighted by Crippen LogP contribution is -2.14. The van der Waals surface area contributed by atoms with Crippen molar-refractivity contribution in [2.24, 2.45) is 0 Å². The van der Waals surface area contributed by atoms with Crippen LogP contribution in [0.5, 0.6) is 0 Å². The highest BCUT2D eigenvalue weighted by molar-refractivity contribution is 6.30. The molecule has 33 heavy (non-hydrogen) atoms. The molecular formula is C25H19ClN4O3. The Hall–Kier alpha value is -4.41. The molecule has 0 saturated heterocycles. The van der Waals surface area contributed by atoms with Crippen LogP contribution in [0.2, 0.25) is 5.02 Å². The van der Waals surface area contributed by atoms with E-state index in [-0.39, 0.29) is 17.4 Å². The van der Waals surface area contributed by atoms with Crippen LogP contribution in [0.1, 0.15) is 22.8 Å². The van der Waals surface area contributed by atoms with E-state index in [1.165, 1.54) is 13.0 Å². The molecule has 3 amide bonds. The second kappa shape index (κ2) is 10.8. The highest BCUT2D eigenvalue weighted by Crippen LogP contribution is 2.18. The average molecular weight is 459 g/mol. The second-order valence-corrected chi connectivity index (χ2v) is 7.41. The minimum Gasteiger partial charge on any atom is -0.326 e. The minimum absolute atomic E-state index is 0.109. The van der Waals surface area contributed by atoms with Gasteiger partial charge in [-0.3, -0.25) is 14.4 Å². The largest absolute Gasteiger partial charge is 0.326 e. The zero-order valence-corrected chi connectivity index (χ0v) is 18.3. The number of nitrogens with zero attached hydrogens (tertiary/aromatic N) is 1. The first kappa shape index (κ1) is 23.3. The van der Waals surface area contributed by atoms with Gasteiger partial charge in [0.05, 0.1) is 0 Å². The van der Waals surface area contributed by atoms with E-state index in [9.17, 15) is 19.6 Å². The molecule has 164 valence electrons. The van der Waals surface area contributed by atoms with Gasteiger partial charge in [0.1, 0.15) is 11.6 Å². The number of hydrogen-bond donors (Lipinski definition) is 3. The van der Waals surface area contributed by atoms with Crippen molar-refractivity contribution in [2.45, 2.75) is 6.92 Å². The van der Waals surface area contributed by atoms with E-state index >= 15 is 0 Å². The lowest BCUT2D eigenvalue weighted by Gasteiger charge is -2.08. The molecule has 0 saturated carbocycles. The summed E-state index contributed by atoms with van der Waals surface area (Å²) in [6, 6.07) is 21.7. The van der Waals surface area contributed by atoms with Crippen LogP contribution in [0.3, 0.4) is 0 Å². The van der Waals surface area contributed by atoms with Gasteiger partial charge in [-0.25, -0.2) is 0 Å². The molecule has 0 atom stereocenters. The Balaban J connectivity index is 1.70. The van der Waals surface area contributed by atoms with Crippen molar-refractivity contribution in [3.05, 3.63) is 94.5 Å². The van der Waals surface area contributed by atoms with Gasteiger partial charge in [0.25, 0.3) is 11.8 Å². The number of anilines is 3. The third-order valence-electron chi connectivity index (χ3n) is 4.39. The molecule has 0 aliphatic rings. The molecule has 0 heterocycles. The molecule has 0 bridgehead atoms.